The van der Waals surface area contributed by atoms with Gasteiger partial charge in [0.2, 0.25) is 0 Å². The van der Waals surface area contributed by atoms with Crippen molar-refractivity contribution in [2.45, 2.75) is 38.6 Å². The van der Waals surface area contributed by atoms with Crippen LogP contribution in [0.1, 0.15) is 54.6 Å². The van der Waals surface area contributed by atoms with Gasteiger partial charge in [-0.25, -0.2) is 0 Å². The van der Waals surface area contributed by atoms with Crippen LogP contribution in [0.4, 0.5) is 0 Å². The molecule has 0 fully saturated rings. The van der Waals surface area contributed by atoms with Crippen molar-refractivity contribution >= 4 is 0 Å². The Kier molecular flexibility index (Phi) is 3.83. The Labute approximate surface area is 121 Å². The van der Waals surface area contributed by atoms with E-state index in [1.165, 1.54) is 28.8 Å². The molecule has 2 unspecified atom stereocenters. The number of hydrogen-bond acceptors (Lipinski definition) is 2. The summed E-state index contributed by atoms with van der Waals surface area (Å²) in [6.45, 7) is 5.38. The smallest absolute Gasteiger partial charge is 0.0510 e. The molecule has 0 saturated carbocycles. The molecule has 2 nitrogen and oxygen atoms in total. The number of rotatable bonds is 4. The summed E-state index contributed by atoms with van der Waals surface area (Å²) in [4.78, 5) is 4.61. The maximum Gasteiger partial charge on any atom is 0.0510 e. The second-order valence-electron chi connectivity index (χ2n) is 5.59. The standard InChI is InChI=1S/C18H22N2/c1-3-19-13(2)15-6-4-7-16(12-15)17-10-9-14-8-5-11-20-18(14)17/h4-8,11-13,17,19H,3,9-10H2,1-2H3. The molecule has 0 radical (unpaired) electrons. The lowest BCUT2D eigenvalue weighted by molar-refractivity contribution is 0.596. The molecule has 3 rings (SSSR count). The predicted octanol–water partition coefficient (Wildman–Crippen LogP) is 3.83. The summed E-state index contributed by atoms with van der Waals surface area (Å²) in [5, 5.41) is 3.48. The number of benzene rings is 1. The van der Waals surface area contributed by atoms with E-state index in [2.05, 4.69) is 54.5 Å². The molecular weight excluding hydrogens is 244 g/mol. The number of pyridine rings is 1. The summed E-state index contributed by atoms with van der Waals surface area (Å²) in [7, 11) is 0. The molecule has 104 valence electrons. The normalized spacial score (nSPS) is 18.8. The van der Waals surface area contributed by atoms with Gasteiger partial charge in [-0.3, -0.25) is 4.98 Å². The van der Waals surface area contributed by atoms with Crippen molar-refractivity contribution in [1.29, 1.82) is 0 Å². The SMILES string of the molecule is CCNC(C)c1cccc(C2CCc3cccnc32)c1. The molecule has 20 heavy (non-hydrogen) atoms. The Bertz CT molecular complexity index is 591. The van der Waals surface area contributed by atoms with E-state index in [1.54, 1.807) is 0 Å². The van der Waals surface area contributed by atoms with Crippen LogP contribution in [0.5, 0.6) is 0 Å². The first-order chi connectivity index (χ1) is 9.79. The van der Waals surface area contributed by atoms with Crippen LogP contribution < -0.4 is 5.32 Å². The Morgan fingerprint density at radius 1 is 1.30 bits per heavy atom. The van der Waals surface area contributed by atoms with Crippen molar-refractivity contribution in [3.63, 3.8) is 0 Å². The zero-order chi connectivity index (χ0) is 13.9. The highest BCUT2D eigenvalue weighted by Crippen LogP contribution is 2.37. The quantitative estimate of drug-likeness (QED) is 0.909. The van der Waals surface area contributed by atoms with Crippen molar-refractivity contribution in [3.05, 3.63) is 65.0 Å². The van der Waals surface area contributed by atoms with Crippen LogP contribution in [0.15, 0.2) is 42.6 Å². The fourth-order valence-corrected chi connectivity index (χ4v) is 3.21. The zero-order valence-electron chi connectivity index (χ0n) is 12.3. The molecule has 0 saturated heterocycles. The Balaban J connectivity index is 1.90. The lowest BCUT2D eigenvalue weighted by atomic mass is 9.93. The van der Waals surface area contributed by atoms with Crippen LogP contribution in [0.2, 0.25) is 0 Å². The summed E-state index contributed by atoms with van der Waals surface area (Å²) in [6, 6.07) is 13.7. The third-order valence-corrected chi connectivity index (χ3v) is 4.28. The van der Waals surface area contributed by atoms with Gasteiger partial charge in [-0.2, -0.15) is 0 Å². The molecule has 2 heteroatoms. The summed E-state index contributed by atoms with van der Waals surface area (Å²) < 4.78 is 0. The predicted molar refractivity (Wildman–Crippen MR) is 82.9 cm³/mol. The number of nitrogens with one attached hydrogen (secondary N) is 1. The molecule has 0 amide bonds. The highest BCUT2D eigenvalue weighted by atomic mass is 14.9. The molecule has 1 aliphatic rings. The first-order valence-corrected chi connectivity index (χ1v) is 7.56. The minimum Gasteiger partial charge on any atom is -0.310 e. The third-order valence-electron chi connectivity index (χ3n) is 4.28. The van der Waals surface area contributed by atoms with Gasteiger partial charge in [-0.15, -0.1) is 0 Å². The lowest BCUT2D eigenvalue weighted by Gasteiger charge is -2.16. The second kappa shape index (κ2) is 5.76. The molecule has 1 aromatic carbocycles. The average Bonchev–Trinajstić information content (AvgIpc) is 2.91. The van der Waals surface area contributed by atoms with E-state index in [0.717, 1.165) is 13.0 Å². The van der Waals surface area contributed by atoms with Gasteiger partial charge in [0.25, 0.3) is 0 Å². The van der Waals surface area contributed by atoms with Crippen LogP contribution in [-0.2, 0) is 6.42 Å². The molecule has 2 atom stereocenters. The first kappa shape index (κ1) is 13.3. The van der Waals surface area contributed by atoms with Gasteiger partial charge in [-0.1, -0.05) is 37.3 Å². The van der Waals surface area contributed by atoms with Crippen molar-refractivity contribution in [3.8, 4) is 0 Å². The van der Waals surface area contributed by atoms with E-state index < -0.39 is 0 Å². The molecule has 0 aliphatic heterocycles. The van der Waals surface area contributed by atoms with E-state index >= 15 is 0 Å². The minimum atomic E-state index is 0.407. The third kappa shape index (κ3) is 2.48. The molecule has 0 bridgehead atoms. The van der Waals surface area contributed by atoms with Crippen LogP contribution in [0.3, 0.4) is 0 Å². The van der Waals surface area contributed by atoms with Gasteiger partial charge in [0, 0.05) is 18.2 Å². The molecular formula is C18H22N2. The number of hydrogen-bond donors (Lipinski definition) is 1. The van der Waals surface area contributed by atoms with Crippen molar-refractivity contribution in [2.75, 3.05) is 6.54 Å². The van der Waals surface area contributed by atoms with Crippen LogP contribution in [0, 0.1) is 0 Å². The van der Waals surface area contributed by atoms with E-state index in [4.69, 9.17) is 0 Å². The average molecular weight is 266 g/mol. The molecule has 0 spiro atoms. The number of fused-ring (bicyclic) bond motifs is 1. The van der Waals surface area contributed by atoms with E-state index in [1.807, 2.05) is 12.3 Å². The summed E-state index contributed by atoms with van der Waals surface area (Å²) >= 11 is 0. The maximum atomic E-state index is 4.61. The Morgan fingerprint density at radius 2 is 2.20 bits per heavy atom. The summed E-state index contributed by atoms with van der Waals surface area (Å²) in [5.41, 5.74) is 5.47. The fraction of sp³-hybridized carbons (Fsp3) is 0.389. The number of aromatic nitrogens is 1. The van der Waals surface area contributed by atoms with Gasteiger partial charge in [0.15, 0.2) is 0 Å². The van der Waals surface area contributed by atoms with Crippen molar-refractivity contribution < 1.29 is 0 Å². The minimum absolute atomic E-state index is 0.407. The molecule has 1 aromatic heterocycles. The first-order valence-electron chi connectivity index (χ1n) is 7.56. The van der Waals surface area contributed by atoms with E-state index in [9.17, 15) is 0 Å². The highest BCUT2D eigenvalue weighted by molar-refractivity contribution is 5.39. The van der Waals surface area contributed by atoms with Crippen molar-refractivity contribution in [2.24, 2.45) is 0 Å². The van der Waals surface area contributed by atoms with Gasteiger partial charge >= 0.3 is 0 Å². The largest absolute Gasteiger partial charge is 0.310 e. The molecule has 1 aliphatic carbocycles. The summed E-state index contributed by atoms with van der Waals surface area (Å²) in [6.07, 6.45) is 4.26. The van der Waals surface area contributed by atoms with Gasteiger partial charge in [0.1, 0.15) is 0 Å². The van der Waals surface area contributed by atoms with Gasteiger partial charge in [0.05, 0.1) is 5.69 Å². The summed E-state index contributed by atoms with van der Waals surface area (Å²) in [5.74, 6) is 0.472. The number of aryl methyl sites for hydroxylation is 1. The van der Waals surface area contributed by atoms with E-state index in [-0.39, 0.29) is 0 Å². The molecule has 1 N–H and O–H groups in total. The monoisotopic (exact) mass is 266 g/mol. The van der Waals surface area contributed by atoms with Crippen LogP contribution in [-0.4, -0.2) is 11.5 Å². The molecule has 2 aromatic rings. The van der Waals surface area contributed by atoms with Crippen molar-refractivity contribution in [1.82, 2.24) is 10.3 Å². The van der Waals surface area contributed by atoms with Crippen LogP contribution >= 0.6 is 0 Å². The van der Waals surface area contributed by atoms with E-state index in [0.29, 0.717) is 12.0 Å². The van der Waals surface area contributed by atoms with Gasteiger partial charge in [-0.05, 0) is 49.1 Å². The topological polar surface area (TPSA) is 24.9 Å². The molecule has 1 heterocycles. The fourth-order valence-electron chi connectivity index (χ4n) is 3.21. The lowest BCUT2D eigenvalue weighted by Crippen LogP contribution is -2.17. The Hall–Kier alpha value is -1.67. The van der Waals surface area contributed by atoms with Crippen LogP contribution in [0.25, 0.3) is 0 Å². The Morgan fingerprint density at radius 3 is 3.05 bits per heavy atom. The van der Waals surface area contributed by atoms with Gasteiger partial charge < -0.3 is 5.32 Å². The maximum absolute atomic E-state index is 4.61. The number of nitrogens with zero attached hydrogens (tertiary/aromatic N) is 1. The second-order valence-corrected chi connectivity index (χ2v) is 5.59. The highest BCUT2D eigenvalue weighted by Gasteiger charge is 2.25. The zero-order valence-corrected chi connectivity index (χ0v) is 12.3.